The molecular formula is C10H11N5O4S2. The highest BCUT2D eigenvalue weighted by molar-refractivity contribution is 7.93. The molecule has 0 fully saturated rings. The Bertz CT molecular complexity index is 786. The highest BCUT2D eigenvalue weighted by atomic mass is 32.2. The molecule has 0 unspecified atom stereocenters. The van der Waals surface area contributed by atoms with Gasteiger partial charge in [-0.15, -0.1) is 10.2 Å². The van der Waals surface area contributed by atoms with Crippen LogP contribution < -0.4 is 10.5 Å². The number of anilines is 2. The standard InChI is InChI=1S/C10H11N5O4S2/c1-2-8-12-13-10(20-8)14-21(18,19)7-5-3-4-6(11)9(7)15(16)17/h3-5H,2,11H2,1H3,(H,13,14). The normalized spacial score (nSPS) is 11.3. The molecule has 0 aliphatic carbocycles. The van der Waals surface area contributed by atoms with E-state index in [1.165, 1.54) is 12.1 Å². The Morgan fingerprint density at radius 3 is 2.71 bits per heavy atom. The van der Waals surface area contributed by atoms with Crippen molar-refractivity contribution in [1.29, 1.82) is 0 Å². The largest absolute Gasteiger partial charge is 0.393 e. The number of aryl methyl sites for hydroxylation is 1. The van der Waals surface area contributed by atoms with Crippen LogP contribution in [0.15, 0.2) is 23.1 Å². The zero-order valence-electron chi connectivity index (χ0n) is 10.8. The van der Waals surface area contributed by atoms with E-state index in [-0.39, 0.29) is 10.8 Å². The van der Waals surface area contributed by atoms with Gasteiger partial charge < -0.3 is 5.73 Å². The van der Waals surface area contributed by atoms with Gasteiger partial charge >= 0.3 is 5.69 Å². The third kappa shape index (κ3) is 3.08. The maximum absolute atomic E-state index is 12.2. The summed E-state index contributed by atoms with van der Waals surface area (Å²) in [6.45, 7) is 1.85. The predicted octanol–water partition coefficient (Wildman–Crippen LogP) is 1.39. The molecule has 0 spiro atoms. The smallest absolute Gasteiger partial charge is 0.312 e. The van der Waals surface area contributed by atoms with Gasteiger partial charge in [0.25, 0.3) is 10.0 Å². The van der Waals surface area contributed by atoms with Crippen molar-refractivity contribution >= 4 is 37.9 Å². The van der Waals surface area contributed by atoms with E-state index in [2.05, 4.69) is 14.9 Å². The van der Waals surface area contributed by atoms with Gasteiger partial charge in [-0.2, -0.15) is 0 Å². The molecule has 2 rings (SSSR count). The molecule has 21 heavy (non-hydrogen) atoms. The highest BCUT2D eigenvalue weighted by Gasteiger charge is 2.29. The summed E-state index contributed by atoms with van der Waals surface area (Å²) in [6, 6.07) is 3.70. The van der Waals surface area contributed by atoms with Crippen LogP contribution in [-0.2, 0) is 16.4 Å². The summed E-state index contributed by atoms with van der Waals surface area (Å²) in [5.41, 5.74) is 4.59. The van der Waals surface area contributed by atoms with Crippen LogP contribution in [0.3, 0.4) is 0 Å². The molecule has 1 aromatic carbocycles. The number of hydrogen-bond donors (Lipinski definition) is 2. The number of nitro groups is 1. The third-order valence-electron chi connectivity index (χ3n) is 2.49. The number of nitrogens with two attached hydrogens (primary N) is 1. The van der Waals surface area contributed by atoms with Gasteiger partial charge in [0.1, 0.15) is 10.7 Å². The highest BCUT2D eigenvalue weighted by Crippen LogP contribution is 2.31. The Kier molecular flexibility index (Phi) is 4.04. The summed E-state index contributed by atoms with van der Waals surface area (Å²) in [5.74, 6) is 0. The molecule has 112 valence electrons. The van der Waals surface area contributed by atoms with Crippen molar-refractivity contribution < 1.29 is 13.3 Å². The Morgan fingerprint density at radius 2 is 2.14 bits per heavy atom. The predicted molar refractivity (Wildman–Crippen MR) is 77.6 cm³/mol. The van der Waals surface area contributed by atoms with Crippen molar-refractivity contribution in [2.24, 2.45) is 0 Å². The van der Waals surface area contributed by atoms with Crippen molar-refractivity contribution in [2.45, 2.75) is 18.2 Å². The average Bonchev–Trinajstić information content (AvgIpc) is 2.85. The van der Waals surface area contributed by atoms with Gasteiger partial charge in [0, 0.05) is 0 Å². The molecule has 1 aromatic heterocycles. The maximum atomic E-state index is 12.2. The number of nitrogens with one attached hydrogen (secondary N) is 1. The number of sulfonamides is 1. The summed E-state index contributed by atoms with van der Waals surface area (Å²) in [6.07, 6.45) is 0.609. The molecule has 0 atom stereocenters. The van der Waals surface area contributed by atoms with E-state index in [0.29, 0.717) is 11.4 Å². The van der Waals surface area contributed by atoms with Crippen LogP contribution in [0.4, 0.5) is 16.5 Å². The van der Waals surface area contributed by atoms with Crippen LogP contribution in [0.25, 0.3) is 0 Å². The fraction of sp³-hybridized carbons (Fsp3) is 0.200. The van der Waals surface area contributed by atoms with E-state index in [4.69, 9.17) is 5.73 Å². The zero-order valence-corrected chi connectivity index (χ0v) is 12.4. The summed E-state index contributed by atoms with van der Waals surface area (Å²) >= 11 is 1.06. The van der Waals surface area contributed by atoms with Crippen molar-refractivity contribution in [3.8, 4) is 0 Å². The van der Waals surface area contributed by atoms with Gasteiger partial charge in [-0.1, -0.05) is 24.3 Å². The monoisotopic (exact) mass is 329 g/mol. The first-order valence-corrected chi connectivity index (χ1v) is 8.03. The molecule has 0 aliphatic heterocycles. The molecule has 11 heteroatoms. The van der Waals surface area contributed by atoms with Gasteiger partial charge in [-0.05, 0) is 18.6 Å². The lowest BCUT2D eigenvalue weighted by Crippen LogP contribution is -2.15. The Hall–Kier alpha value is -2.27. The molecule has 0 amide bonds. The first kappa shape index (κ1) is 15.1. The number of nitrogens with zero attached hydrogens (tertiary/aromatic N) is 3. The van der Waals surface area contributed by atoms with E-state index >= 15 is 0 Å². The second-order valence-electron chi connectivity index (χ2n) is 3.91. The lowest BCUT2D eigenvalue weighted by molar-refractivity contribution is -0.386. The summed E-state index contributed by atoms with van der Waals surface area (Å²) in [7, 11) is -4.17. The molecule has 0 saturated heterocycles. The van der Waals surface area contributed by atoms with Gasteiger partial charge in [0.05, 0.1) is 4.92 Å². The van der Waals surface area contributed by atoms with Gasteiger partial charge in [-0.25, -0.2) is 8.42 Å². The number of para-hydroxylation sites is 1. The Balaban J connectivity index is 2.45. The van der Waals surface area contributed by atoms with Crippen molar-refractivity contribution in [1.82, 2.24) is 10.2 Å². The van der Waals surface area contributed by atoms with Crippen molar-refractivity contribution in [2.75, 3.05) is 10.5 Å². The summed E-state index contributed by atoms with van der Waals surface area (Å²) in [5, 5.41) is 19.1. The van der Waals surface area contributed by atoms with E-state index < -0.39 is 25.5 Å². The first-order valence-electron chi connectivity index (χ1n) is 5.73. The molecule has 0 radical (unpaired) electrons. The molecule has 3 N–H and O–H groups in total. The molecule has 9 nitrogen and oxygen atoms in total. The first-order chi connectivity index (χ1) is 9.85. The minimum absolute atomic E-state index is 0.0450. The SMILES string of the molecule is CCc1nnc(NS(=O)(=O)c2cccc(N)c2[N+](=O)[O-])s1. The number of nitro benzene ring substituents is 1. The molecule has 2 aromatic rings. The number of hydrogen-bond acceptors (Lipinski definition) is 8. The number of nitrogen functional groups attached to an aromatic ring is 1. The third-order valence-corrected chi connectivity index (χ3v) is 4.98. The number of benzene rings is 1. The molecule has 0 saturated carbocycles. The van der Waals surface area contributed by atoms with Crippen LogP contribution >= 0.6 is 11.3 Å². The van der Waals surface area contributed by atoms with E-state index in [0.717, 1.165) is 17.4 Å². The van der Waals surface area contributed by atoms with Crippen LogP contribution in [0, 0.1) is 10.1 Å². The van der Waals surface area contributed by atoms with Crippen LogP contribution in [0.2, 0.25) is 0 Å². The molecule has 1 heterocycles. The minimum atomic E-state index is -4.17. The van der Waals surface area contributed by atoms with Crippen LogP contribution in [-0.4, -0.2) is 23.5 Å². The number of rotatable bonds is 5. The second kappa shape index (κ2) is 5.61. The Labute approximate surface area is 124 Å². The van der Waals surface area contributed by atoms with E-state index in [1.807, 2.05) is 6.92 Å². The van der Waals surface area contributed by atoms with Gasteiger partial charge in [0.15, 0.2) is 4.90 Å². The van der Waals surface area contributed by atoms with E-state index in [1.54, 1.807) is 0 Å². The lowest BCUT2D eigenvalue weighted by atomic mass is 10.3. The average molecular weight is 329 g/mol. The molecule has 0 aliphatic rings. The fourth-order valence-corrected chi connectivity index (χ4v) is 3.67. The van der Waals surface area contributed by atoms with Crippen molar-refractivity contribution in [3.63, 3.8) is 0 Å². The molecule has 0 bridgehead atoms. The molecular weight excluding hydrogens is 318 g/mol. The zero-order chi connectivity index (χ0) is 15.6. The number of aromatic nitrogens is 2. The maximum Gasteiger partial charge on any atom is 0.312 e. The quantitative estimate of drug-likeness (QED) is 0.479. The van der Waals surface area contributed by atoms with Gasteiger partial charge in [-0.3, -0.25) is 14.8 Å². The summed E-state index contributed by atoms with van der Waals surface area (Å²) in [4.78, 5) is 9.66. The lowest BCUT2D eigenvalue weighted by Gasteiger charge is -2.06. The second-order valence-corrected chi connectivity index (χ2v) is 6.62. The van der Waals surface area contributed by atoms with Crippen LogP contribution in [0.1, 0.15) is 11.9 Å². The van der Waals surface area contributed by atoms with Crippen LogP contribution in [0.5, 0.6) is 0 Å². The van der Waals surface area contributed by atoms with Gasteiger partial charge in [0.2, 0.25) is 5.13 Å². The summed E-state index contributed by atoms with van der Waals surface area (Å²) < 4.78 is 26.7. The minimum Gasteiger partial charge on any atom is -0.393 e. The fourth-order valence-electron chi connectivity index (χ4n) is 1.56. The Morgan fingerprint density at radius 1 is 1.43 bits per heavy atom. The van der Waals surface area contributed by atoms with E-state index in [9.17, 15) is 18.5 Å². The topological polar surface area (TPSA) is 141 Å². The van der Waals surface area contributed by atoms with Crippen molar-refractivity contribution in [3.05, 3.63) is 33.3 Å².